The first kappa shape index (κ1) is 13.7. The minimum Gasteiger partial charge on any atom is -0.207 e. The molecule has 84 valence electrons. The van der Waals surface area contributed by atoms with Crippen molar-refractivity contribution >= 4 is 47.8 Å². The highest BCUT2D eigenvalue weighted by Gasteiger charge is 2.23. The normalized spacial score (nSPS) is 11.8. The van der Waals surface area contributed by atoms with Gasteiger partial charge in [0, 0.05) is 15.1 Å². The molecular weight excluding hydrogens is 391 g/mol. The molecule has 0 spiro atoms. The lowest BCUT2D eigenvalue weighted by atomic mass is 9.88. The molecule has 0 aliphatic carbocycles. The van der Waals surface area contributed by atoms with Gasteiger partial charge in [-0.2, -0.15) is 0 Å². The Balaban J connectivity index is 2.89. The molecule has 0 saturated carbocycles. The highest BCUT2D eigenvalue weighted by atomic mass is 79.9. The van der Waals surface area contributed by atoms with Crippen molar-refractivity contribution in [1.82, 2.24) is 0 Å². The Bertz CT molecular complexity index is 335. The van der Waals surface area contributed by atoms with Gasteiger partial charge in [0.05, 0.1) is 0 Å². The van der Waals surface area contributed by atoms with Crippen LogP contribution in [0.4, 0.5) is 4.39 Å². The van der Waals surface area contributed by atoms with Crippen LogP contribution in [-0.2, 0) is 6.42 Å². The maximum atomic E-state index is 12.9. The fourth-order valence-electron chi connectivity index (χ4n) is 1.26. The number of rotatable bonds is 4. The zero-order valence-corrected chi connectivity index (χ0v) is 13.1. The van der Waals surface area contributed by atoms with Crippen LogP contribution in [-0.4, -0.2) is 10.7 Å². The van der Waals surface area contributed by atoms with Crippen LogP contribution in [0.25, 0.3) is 0 Å². The average molecular weight is 403 g/mol. The minimum atomic E-state index is -0.204. The summed E-state index contributed by atoms with van der Waals surface area (Å²) in [4.78, 5) is 0. The van der Waals surface area contributed by atoms with E-state index in [-0.39, 0.29) is 11.2 Å². The summed E-state index contributed by atoms with van der Waals surface area (Å²) < 4.78 is 13.7. The number of hydrogen-bond donors (Lipinski definition) is 0. The van der Waals surface area contributed by atoms with E-state index >= 15 is 0 Å². The van der Waals surface area contributed by atoms with Gasteiger partial charge in [0.15, 0.2) is 0 Å². The molecule has 15 heavy (non-hydrogen) atoms. The van der Waals surface area contributed by atoms with Crippen molar-refractivity contribution < 1.29 is 4.39 Å². The van der Waals surface area contributed by atoms with Gasteiger partial charge >= 0.3 is 0 Å². The summed E-state index contributed by atoms with van der Waals surface area (Å²) in [7, 11) is 0. The number of alkyl halides is 2. The Kier molecular flexibility index (Phi) is 5.26. The van der Waals surface area contributed by atoms with Gasteiger partial charge in [0.2, 0.25) is 0 Å². The number of benzene rings is 1. The molecule has 1 aromatic carbocycles. The first-order valence-corrected chi connectivity index (χ1v) is 7.60. The molecule has 0 amide bonds. The second kappa shape index (κ2) is 5.78. The molecule has 0 unspecified atom stereocenters. The molecule has 0 aromatic heterocycles. The van der Waals surface area contributed by atoms with E-state index < -0.39 is 0 Å². The third-order valence-corrected chi connectivity index (χ3v) is 5.72. The van der Waals surface area contributed by atoms with Crippen LogP contribution in [0.3, 0.4) is 0 Å². The molecular formula is C11H12Br3F. The van der Waals surface area contributed by atoms with Gasteiger partial charge in [-0.25, -0.2) is 4.39 Å². The topological polar surface area (TPSA) is 0 Å². The van der Waals surface area contributed by atoms with Crippen LogP contribution in [0.1, 0.15) is 12.5 Å². The zero-order valence-electron chi connectivity index (χ0n) is 8.37. The first-order valence-electron chi connectivity index (χ1n) is 4.56. The van der Waals surface area contributed by atoms with E-state index in [0.29, 0.717) is 0 Å². The molecule has 0 heterocycles. The first-order chi connectivity index (χ1) is 7.00. The van der Waals surface area contributed by atoms with Crippen LogP contribution >= 0.6 is 47.8 Å². The van der Waals surface area contributed by atoms with E-state index in [0.717, 1.165) is 27.1 Å². The Morgan fingerprint density at radius 1 is 1.27 bits per heavy atom. The third-order valence-electron chi connectivity index (χ3n) is 2.28. The predicted molar refractivity (Wildman–Crippen MR) is 73.5 cm³/mol. The van der Waals surface area contributed by atoms with Crippen molar-refractivity contribution in [2.45, 2.75) is 13.3 Å². The summed E-state index contributed by atoms with van der Waals surface area (Å²) in [6.45, 7) is 2.19. The highest BCUT2D eigenvalue weighted by Crippen LogP contribution is 2.30. The van der Waals surface area contributed by atoms with E-state index in [1.165, 1.54) is 12.1 Å². The van der Waals surface area contributed by atoms with Gasteiger partial charge in [-0.1, -0.05) is 60.8 Å². The third kappa shape index (κ3) is 3.82. The molecule has 0 nitrogen and oxygen atoms in total. The fraction of sp³-hybridized carbons (Fsp3) is 0.455. The molecule has 0 bridgehead atoms. The van der Waals surface area contributed by atoms with Crippen molar-refractivity contribution in [2.24, 2.45) is 5.41 Å². The molecule has 4 heteroatoms. The van der Waals surface area contributed by atoms with Crippen molar-refractivity contribution in [3.63, 3.8) is 0 Å². The largest absolute Gasteiger partial charge is 0.207 e. The fourth-order valence-corrected chi connectivity index (χ4v) is 3.07. The summed E-state index contributed by atoms with van der Waals surface area (Å²) >= 11 is 10.4. The summed E-state index contributed by atoms with van der Waals surface area (Å²) in [5.41, 5.74) is 1.29. The smallest absolute Gasteiger partial charge is 0.124 e. The molecule has 1 aromatic rings. The summed E-state index contributed by atoms with van der Waals surface area (Å²) in [6, 6.07) is 4.85. The van der Waals surface area contributed by atoms with E-state index in [1.807, 2.05) is 6.07 Å². The Labute approximate surface area is 115 Å². The van der Waals surface area contributed by atoms with Crippen LogP contribution in [0.15, 0.2) is 22.7 Å². The van der Waals surface area contributed by atoms with Gasteiger partial charge in [-0.15, -0.1) is 0 Å². The van der Waals surface area contributed by atoms with Gasteiger partial charge in [-0.05, 0) is 29.5 Å². The van der Waals surface area contributed by atoms with E-state index in [2.05, 4.69) is 54.7 Å². The van der Waals surface area contributed by atoms with Crippen molar-refractivity contribution in [3.05, 3.63) is 34.1 Å². The molecule has 0 atom stereocenters. The Morgan fingerprint density at radius 2 is 1.87 bits per heavy atom. The van der Waals surface area contributed by atoms with Crippen molar-refractivity contribution in [2.75, 3.05) is 10.7 Å². The Morgan fingerprint density at radius 3 is 2.33 bits per heavy atom. The van der Waals surface area contributed by atoms with Crippen LogP contribution < -0.4 is 0 Å². The lowest BCUT2D eigenvalue weighted by Crippen LogP contribution is -2.23. The molecule has 1 rings (SSSR count). The van der Waals surface area contributed by atoms with Gasteiger partial charge < -0.3 is 0 Å². The molecule has 0 aliphatic heterocycles. The van der Waals surface area contributed by atoms with E-state index in [4.69, 9.17) is 0 Å². The lowest BCUT2D eigenvalue weighted by Gasteiger charge is -2.25. The van der Waals surface area contributed by atoms with Gasteiger partial charge in [0.25, 0.3) is 0 Å². The van der Waals surface area contributed by atoms with Crippen molar-refractivity contribution in [3.8, 4) is 0 Å². The quantitative estimate of drug-likeness (QED) is 0.626. The second-order valence-electron chi connectivity index (χ2n) is 3.99. The Hall–Kier alpha value is 0.590. The molecule has 0 saturated heterocycles. The van der Waals surface area contributed by atoms with Crippen molar-refractivity contribution in [1.29, 1.82) is 0 Å². The summed E-state index contributed by atoms with van der Waals surface area (Å²) in [6.07, 6.45) is 0.907. The monoisotopic (exact) mass is 400 g/mol. The standard InChI is InChI=1S/C11H12Br3F/c1-11(6-12,7-13)5-8-2-3-9(15)4-10(8)14/h2-4H,5-7H2,1H3. The number of halogens is 4. The predicted octanol–water partition coefficient (Wildman–Crippen LogP) is 4.93. The average Bonchev–Trinajstić information content (AvgIpc) is 2.22. The maximum Gasteiger partial charge on any atom is 0.124 e. The number of hydrogen-bond acceptors (Lipinski definition) is 0. The molecule has 0 N–H and O–H groups in total. The molecule has 0 aliphatic rings. The maximum absolute atomic E-state index is 12.9. The molecule has 0 fully saturated rings. The SMILES string of the molecule is CC(CBr)(CBr)Cc1ccc(F)cc1Br. The highest BCUT2D eigenvalue weighted by molar-refractivity contribution is 9.10. The molecule has 0 radical (unpaired) electrons. The van der Waals surface area contributed by atoms with Crippen LogP contribution in [0.2, 0.25) is 0 Å². The van der Waals surface area contributed by atoms with E-state index in [1.54, 1.807) is 0 Å². The minimum absolute atomic E-state index is 0.153. The van der Waals surface area contributed by atoms with E-state index in [9.17, 15) is 4.39 Å². The lowest BCUT2D eigenvalue weighted by molar-refractivity contribution is 0.437. The zero-order chi connectivity index (χ0) is 11.5. The van der Waals surface area contributed by atoms with Gasteiger partial charge in [-0.3, -0.25) is 0 Å². The van der Waals surface area contributed by atoms with Gasteiger partial charge in [0.1, 0.15) is 5.82 Å². The van der Waals surface area contributed by atoms with Crippen LogP contribution in [0.5, 0.6) is 0 Å². The summed E-state index contributed by atoms with van der Waals surface area (Å²) in [5.74, 6) is -0.204. The van der Waals surface area contributed by atoms with Crippen LogP contribution in [0, 0.1) is 11.2 Å². The second-order valence-corrected chi connectivity index (χ2v) is 5.97. The summed E-state index contributed by atoms with van der Waals surface area (Å²) in [5, 5.41) is 1.82.